The molecule has 0 saturated carbocycles. The van der Waals surface area contributed by atoms with Crippen LogP contribution in [0.1, 0.15) is 62.3 Å². The van der Waals surface area contributed by atoms with Gasteiger partial charge in [-0.1, -0.05) is 12.1 Å². The summed E-state index contributed by atoms with van der Waals surface area (Å²) in [6.45, 7) is 10.3. The molecule has 7 heteroatoms. The van der Waals surface area contributed by atoms with Gasteiger partial charge in [-0.25, -0.2) is 14.4 Å². The lowest BCUT2D eigenvalue weighted by atomic mass is 10.1. The van der Waals surface area contributed by atoms with Crippen molar-refractivity contribution in [1.82, 2.24) is 0 Å². The number of carbonyl (C=O) groups excluding carboxylic acids is 3. The van der Waals surface area contributed by atoms with E-state index in [9.17, 15) is 14.4 Å². The summed E-state index contributed by atoms with van der Waals surface area (Å²) >= 11 is 0. The molecule has 0 fully saturated rings. The summed E-state index contributed by atoms with van der Waals surface area (Å²) in [5.41, 5.74) is -1.06. The number of esters is 3. The lowest BCUT2D eigenvalue weighted by molar-refractivity contribution is -0.157. The molecule has 2 aromatic rings. The Morgan fingerprint density at radius 2 is 1.16 bits per heavy atom. The van der Waals surface area contributed by atoms with Crippen LogP contribution in [0.25, 0.3) is 0 Å². The Kier molecular flexibility index (Phi) is 7.44. The molecule has 0 spiro atoms. The summed E-state index contributed by atoms with van der Waals surface area (Å²) in [5, 5.41) is 0. The van der Waals surface area contributed by atoms with Crippen molar-refractivity contribution in [1.29, 1.82) is 0 Å². The summed E-state index contributed by atoms with van der Waals surface area (Å²) in [5.74, 6) is -1.11. The molecule has 0 saturated heterocycles. The van der Waals surface area contributed by atoms with E-state index in [1.807, 2.05) is 0 Å². The van der Waals surface area contributed by atoms with Crippen LogP contribution in [0.15, 0.2) is 48.5 Å². The molecule has 0 aromatic heterocycles. The van der Waals surface area contributed by atoms with Crippen molar-refractivity contribution in [2.75, 3.05) is 6.61 Å². The fraction of sp³-hybridized carbons (Fsp3) is 0.375. The van der Waals surface area contributed by atoms with E-state index in [0.717, 1.165) is 0 Å². The molecule has 0 radical (unpaired) electrons. The topological polar surface area (TPSA) is 88.1 Å². The van der Waals surface area contributed by atoms with Crippen LogP contribution in [0.2, 0.25) is 0 Å². The fourth-order valence-electron chi connectivity index (χ4n) is 2.45. The number of rotatable bonds is 6. The molecule has 0 aliphatic rings. The van der Waals surface area contributed by atoms with E-state index >= 15 is 0 Å². The second-order valence-electron chi connectivity index (χ2n) is 8.78. The molecule has 166 valence electrons. The number of benzene rings is 2. The maximum Gasteiger partial charge on any atom is 0.344 e. The van der Waals surface area contributed by atoms with E-state index in [1.54, 1.807) is 65.8 Å². The number of carbonyl (C=O) groups is 3. The Bertz CT molecular complexity index is 932. The molecule has 0 amide bonds. The van der Waals surface area contributed by atoms with E-state index < -0.39 is 29.1 Å². The highest BCUT2D eigenvalue weighted by Crippen LogP contribution is 2.21. The van der Waals surface area contributed by atoms with Crippen LogP contribution in [0, 0.1) is 0 Å². The largest absolute Gasteiger partial charge is 0.482 e. The predicted octanol–water partition coefficient (Wildman–Crippen LogP) is 4.58. The third-order valence-corrected chi connectivity index (χ3v) is 3.58. The van der Waals surface area contributed by atoms with Gasteiger partial charge in [0.1, 0.15) is 22.7 Å². The summed E-state index contributed by atoms with van der Waals surface area (Å²) in [4.78, 5) is 36.7. The van der Waals surface area contributed by atoms with Gasteiger partial charge >= 0.3 is 17.9 Å². The van der Waals surface area contributed by atoms with Crippen LogP contribution in [-0.4, -0.2) is 35.7 Å². The maximum absolute atomic E-state index is 12.6. The van der Waals surface area contributed by atoms with Crippen molar-refractivity contribution >= 4 is 17.9 Å². The highest BCUT2D eigenvalue weighted by Gasteiger charge is 2.23. The first-order valence-electron chi connectivity index (χ1n) is 9.83. The van der Waals surface area contributed by atoms with Crippen LogP contribution in [0.4, 0.5) is 0 Å². The van der Waals surface area contributed by atoms with Gasteiger partial charge in [0.05, 0.1) is 11.1 Å². The van der Waals surface area contributed by atoms with Gasteiger partial charge in [0.25, 0.3) is 0 Å². The first-order chi connectivity index (χ1) is 14.3. The minimum absolute atomic E-state index is 0.0991. The average molecular weight is 428 g/mol. The van der Waals surface area contributed by atoms with Crippen molar-refractivity contribution < 1.29 is 33.3 Å². The van der Waals surface area contributed by atoms with Gasteiger partial charge in [0.2, 0.25) is 0 Å². The minimum Gasteiger partial charge on any atom is -0.482 e. The molecule has 0 atom stereocenters. The molecule has 0 aliphatic carbocycles. The zero-order chi connectivity index (χ0) is 23.2. The van der Waals surface area contributed by atoms with E-state index in [-0.39, 0.29) is 23.5 Å². The average Bonchev–Trinajstić information content (AvgIpc) is 2.64. The lowest BCUT2D eigenvalue weighted by Gasteiger charge is -2.20. The van der Waals surface area contributed by atoms with Crippen molar-refractivity contribution in [3.05, 3.63) is 59.7 Å². The highest BCUT2D eigenvalue weighted by molar-refractivity contribution is 6.03. The maximum atomic E-state index is 12.6. The zero-order valence-electron chi connectivity index (χ0n) is 18.7. The molecule has 31 heavy (non-hydrogen) atoms. The normalized spacial score (nSPS) is 11.4. The van der Waals surface area contributed by atoms with E-state index in [0.29, 0.717) is 5.75 Å². The van der Waals surface area contributed by atoms with Gasteiger partial charge in [0.15, 0.2) is 6.61 Å². The summed E-state index contributed by atoms with van der Waals surface area (Å²) < 4.78 is 21.3. The number of hydrogen-bond donors (Lipinski definition) is 0. The Morgan fingerprint density at radius 3 is 1.68 bits per heavy atom. The van der Waals surface area contributed by atoms with E-state index in [2.05, 4.69) is 0 Å². The summed E-state index contributed by atoms with van der Waals surface area (Å²) in [6.07, 6.45) is 0. The third-order valence-electron chi connectivity index (χ3n) is 3.58. The Balaban J connectivity index is 2.02. The van der Waals surface area contributed by atoms with Crippen LogP contribution >= 0.6 is 0 Å². The highest BCUT2D eigenvalue weighted by atomic mass is 16.6. The number of ether oxygens (including phenoxy) is 4. The standard InChI is InChI=1S/C24H28O7/c1-23(2,3)30-20(25)15-28-16-11-13-17(14-12-16)29-21(26)18-9-7-8-10-19(18)22(27)31-24(4,5)6/h7-14H,15H2,1-6H3. The SMILES string of the molecule is CC(C)(C)OC(=O)COc1ccc(OC(=O)c2ccccc2C(=O)OC(C)(C)C)cc1. The minimum atomic E-state index is -0.691. The van der Waals surface area contributed by atoms with Crippen molar-refractivity contribution in [3.8, 4) is 11.5 Å². The third kappa shape index (κ3) is 8.12. The smallest absolute Gasteiger partial charge is 0.344 e. The number of hydrogen-bond acceptors (Lipinski definition) is 7. The monoisotopic (exact) mass is 428 g/mol. The molecule has 2 rings (SSSR count). The first kappa shape index (κ1) is 23.9. The van der Waals surface area contributed by atoms with Crippen molar-refractivity contribution in [2.45, 2.75) is 52.7 Å². The van der Waals surface area contributed by atoms with Crippen LogP contribution < -0.4 is 9.47 Å². The molecule has 0 aliphatic heterocycles. The second-order valence-corrected chi connectivity index (χ2v) is 8.78. The van der Waals surface area contributed by atoms with Gasteiger partial charge in [0, 0.05) is 0 Å². The van der Waals surface area contributed by atoms with E-state index in [4.69, 9.17) is 18.9 Å². The van der Waals surface area contributed by atoms with Gasteiger partial charge in [-0.3, -0.25) is 0 Å². The molecule has 0 unspecified atom stereocenters. The Morgan fingerprint density at radius 1 is 0.677 bits per heavy atom. The van der Waals surface area contributed by atoms with Crippen molar-refractivity contribution in [2.24, 2.45) is 0 Å². The van der Waals surface area contributed by atoms with E-state index in [1.165, 1.54) is 24.3 Å². The molecular formula is C24H28O7. The molecule has 0 heterocycles. The summed E-state index contributed by atoms with van der Waals surface area (Å²) in [7, 11) is 0. The Labute approximate surface area is 182 Å². The quantitative estimate of drug-likeness (QED) is 0.491. The van der Waals surface area contributed by atoms with Crippen LogP contribution in [0.3, 0.4) is 0 Å². The Hall–Kier alpha value is -3.35. The molecular weight excluding hydrogens is 400 g/mol. The first-order valence-corrected chi connectivity index (χ1v) is 9.83. The van der Waals surface area contributed by atoms with Crippen molar-refractivity contribution in [3.63, 3.8) is 0 Å². The fourth-order valence-corrected chi connectivity index (χ4v) is 2.45. The molecule has 0 bridgehead atoms. The second kappa shape index (κ2) is 9.64. The lowest BCUT2D eigenvalue weighted by Crippen LogP contribution is -2.27. The molecule has 2 aromatic carbocycles. The van der Waals surface area contributed by atoms with Gasteiger partial charge in [-0.2, -0.15) is 0 Å². The molecule has 0 N–H and O–H groups in total. The summed E-state index contributed by atoms with van der Waals surface area (Å²) in [6, 6.07) is 12.5. The molecule has 7 nitrogen and oxygen atoms in total. The van der Waals surface area contributed by atoms with Gasteiger partial charge in [-0.15, -0.1) is 0 Å². The van der Waals surface area contributed by atoms with Crippen LogP contribution in [0.5, 0.6) is 11.5 Å². The van der Waals surface area contributed by atoms with Crippen LogP contribution in [-0.2, 0) is 14.3 Å². The van der Waals surface area contributed by atoms with Gasteiger partial charge < -0.3 is 18.9 Å². The predicted molar refractivity (Wildman–Crippen MR) is 114 cm³/mol. The zero-order valence-corrected chi connectivity index (χ0v) is 18.7. The van der Waals surface area contributed by atoms with Gasteiger partial charge in [-0.05, 0) is 77.9 Å².